The zero-order valence-electron chi connectivity index (χ0n) is 22.8. The summed E-state index contributed by atoms with van der Waals surface area (Å²) in [6.45, 7) is 6.00. The second-order valence-corrected chi connectivity index (χ2v) is 12.8. The highest BCUT2D eigenvalue weighted by Gasteiger charge is 2.55. The summed E-state index contributed by atoms with van der Waals surface area (Å²) in [6, 6.07) is 6.57. The maximum Gasteiger partial charge on any atom is 0.317 e. The number of rotatable bonds is 9. The minimum Gasteiger partial charge on any atom is -0.427 e. The summed E-state index contributed by atoms with van der Waals surface area (Å²) in [5.74, 6) is 0.108. The average molecular weight is 512 g/mol. The summed E-state index contributed by atoms with van der Waals surface area (Å²) in [5, 5.41) is 15.3. The molecule has 1 aromatic carbocycles. The van der Waals surface area contributed by atoms with Gasteiger partial charge in [-0.25, -0.2) is 0 Å². The fraction of sp³-hybridized carbons (Fsp3) is 0.742. The van der Waals surface area contributed by atoms with Crippen LogP contribution in [0.1, 0.15) is 103 Å². The van der Waals surface area contributed by atoms with Gasteiger partial charge >= 0.3 is 11.9 Å². The molecule has 2 N–H and O–H groups in total. The summed E-state index contributed by atoms with van der Waals surface area (Å²) in [5.41, 5.74) is 0.171. The lowest BCUT2D eigenvalue weighted by Gasteiger charge is -2.55. The molecule has 5 aliphatic carbocycles. The molecular weight excluding hydrogens is 466 g/mol. The van der Waals surface area contributed by atoms with E-state index >= 15 is 0 Å². The lowest BCUT2D eigenvalue weighted by Crippen LogP contribution is -2.53. The Morgan fingerprint density at radius 3 is 2.08 bits per heavy atom. The van der Waals surface area contributed by atoms with Gasteiger partial charge in [0.25, 0.3) is 5.79 Å². The number of carbonyl (C=O) groups excluding carboxylic acids is 2. The smallest absolute Gasteiger partial charge is 0.317 e. The van der Waals surface area contributed by atoms with E-state index in [1.807, 2.05) is 20.8 Å². The molecule has 0 aromatic heterocycles. The Labute approximate surface area is 221 Å². The third-order valence-electron chi connectivity index (χ3n) is 9.56. The number of hydrogen-bond acceptors (Lipinski definition) is 6. The van der Waals surface area contributed by atoms with Gasteiger partial charge in [-0.15, -0.1) is 0 Å². The predicted octanol–water partition coefficient (Wildman–Crippen LogP) is 5.85. The van der Waals surface area contributed by atoms with Gasteiger partial charge < -0.3 is 19.9 Å². The van der Waals surface area contributed by atoms with Gasteiger partial charge in [0.2, 0.25) is 0 Å². The first kappa shape index (κ1) is 26.7. The van der Waals surface area contributed by atoms with Crippen LogP contribution in [0.15, 0.2) is 24.3 Å². The molecule has 0 spiro atoms. The maximum absolute atomic E-state index is 13.4. The first-order chi connectivity index (χ1) is 17.7. The monoisotopic (exact) mass is 511 g/mol. The SMILES string of the molecule is CCC(NC(C)C)C(O)(OC(=O)C1CCCCC1)c1ccc(OC(=O)C23CC4CC(CC(C4)C2)C3)cc1. The molecule has 37 heavy (non-hydrogen) atoms. The largest absolute Gasteiger partial charge is 0.427 e. The van der Waals surface area contributed by atoms with Gasteiger partial charge in [0, 0.05) is 11.6 Å². The van der Waals surface area contributed by atoms with E-state index < -0.39 is 11.8 Å². The highest BCUT2D eigenvalue weighted by molar-refractivity contribution is 5.80. The Balaban J connectivity index is 1.33. The van der Waals surface area contributed by atoms with Crippen molar-refractivity contribution in [3.8, 4) is 5.75 Å². The molecule has 1 aromatic rings. The fourth-order valence-electron chi connectivity index (χ4n) is 8.15. The van der Waals surface area contributed by atoms with Crippen LogP contribution >= 0.6 is 0 Å². The van der Waals surface area contributed by atoms with E-state index in [-0.39, 0.29) is 29.3 Å². The molecule has 4 bridgehead atoms. The molecule has 6 heteroatoms. The van der Waals surface area contributed by atoms with E-state index in [0.717, 1.165) is 51.4 Å². The van der Waals surface area contributed by atoms with Gasteiger partial charge in [-0.2, -0.15) is 0 Å². The molecular formula is C31H45NO5. The van der Waals surface area contributed by atoms with Crippen LogP contribution in [0.25, 0.3) is 0 Å². The topological polar surface area (TPSA) is 84.9 Å². The number of benzene rings is 1. The summed E-state index contributed by atoms with van der Waals surface area (Å²) >= 11 is 0. The molecule has 204 valence electrons. The molecule has 5 saturated carbocycles. The Morgan fingerprint density at radius 1 is 1.00 bits per heavy atom. The molecule has 5 aliphatic rings. The number of nitrogens with one attached hydrogen (secondary N) is 1. The van der Waals surface area contributed by atoms with E-state index in [4.69, 9.17) is 9.47 Å². The molecule has 5 fully saturated rings. The van der Waals surface area contributed by atoms with Crippen LogP contribution in [0.3, 0.4) is 0 Å². The molecule has 2 atom stereocenters. The molecule has 6 rings (SSSR count). The van der Waals surface area contributed by atoms with Crippen molar-refractivity contribution in [3.05, 3.63) is 29.8 Å². The predicted molar refractivity (Wildman–Crippen MR) is 142 cm³/mol. The highest BCUT2D eigenvalue weighted by Crippen LogP contribution is 2.60. The van der Waals surface area contributed by atoms with Gasteiger partial charge in [-0.3, -0.25) is 9.59 Å². The van der Waals surface area contributed by atoms with Crippen molar-refractivity contribution >= 4 is 11.9 Å². The van der Waals surface area contributed by atoms with Crippen molar-refractivity contribution in [3.63, 3.8) is 0 Å². The van der Waals surface area contributed by atoms with Crippen LogP contribution in [-0.4, -0.2) is 29.1 Å². The molecule has 6 nitrogen and oxygen atoms in total. The summed E-state index contributed by atoms with van der Waals surface area (Å²) < 4.78 is 11.9. The fourth-order valence-corrected chi connectivity index (χ4v) is 8.15. The van der Waals surface area contributed by atoms with E-state index in [9.17, 15) is 14.7 Å². The van der Waals surface area contributed by atoms with E-state index in [0.29, 0.717) is 35.5 Å². The molecule has 0 radical (unpaired) electrons. The first-order valence-electron chi connectivity index (χ1n) is 14.7. The van der Waals surface area contributed by atoms with Crippen molar-refractivity contribution in [2.24, 2.45) is 29.1 Å². The van der Waals surface area contributed by atoms with Crippen LogP contribution in [0.5, 0.6) is 5.75 Å². The number of aliphatic hydroxyl groups is 1. The van der Waals surface area contributed by atoms with E-state index in [1.165, 1.54) is 19.3 Å². The number of hydrogen-bond donors (Lipinski definition) is 2. The van der Waals surface area contributed by atoms with E-state index in [1.54, 1.807) is 24.3 Å². The van der Waals surface area contributed by atoms with Gasteiger partial charge in [-0.1, -0.05) is 40.0 Å². The zero-order valence-corrected chi connectivity index (χ0v) is 22.8. The van der Waals surface area contributed by atoms with Crippen LogP contribution in [0.4, 0.5) is 0 Å². The second kappa shape index (κ2) is 10.7. The van der Waals surface area contributed by atoms with Crippen molar-refractivity contribution in [2.45, 2.75) is 116 Å². The van der Waals surface area contributed by atoms with Crippen molar-refractivity contribution in [1.29, 1.82) is 0 Å². The summed E-state index contributed by atoms with van der Waals surface area (Å²) in [6.07, 6.45) is 12.1. The third kappa shape index (κ3) is 5.47. The van der Waals surface area contributed by atoms with Gasteiger partial charge in [0.1, 0.15) is 5.75 Å². The average Bonchev–Trinajstić information content (AvgIpc) is 2.87. The lowest BCUT2D eigenvalue weighted by molar-refractivity contribution is -0.234. The van der Waals surface area contributed by atoms with Crippen molar-refractivity contribution < 1.29 is 24.2 Å². The maximum atomic E-state index is 13.4. The quantitative estimate of drug-likeness (QED) is 0.246. The van der Waals surface area contributed by atoms with Gasteiger partial charge in [-0.05, 0) is 99.8 Å². The van der Waals surface area contributed by atoms with Gasteiger partial charge in [0.15, 0.2) is 0 Å². The molecule has 0 aliphatic heterocycles. The number of ether oxygens (including phenoxy) is 2. The van der Waals surface area contributed by atoms with Crippen LogP contribution < -0.4 is 10.1 Å². The third-order valence-corrected chi connectivity index (χ3v) is 9.56. The Bertz CT molecular complexity index is 931. The lowest BCUT2D eigenvalue weighted by atomic mass is 9.49. The number of carbonyl (C=O) groups is 2. The molecule has 2 unspecified atom stereocenters. The normalized spacial score (nSPS) is 31.6. The Kier molecular flexibility index (Phi) is 7.70. The van der Waals surface area contributed by atoms with E-state index in [2.05, 4.69) is 5.32 Å². The minimum atomic E-state index is -1.81. The molecule has 0 amide bonds. The highest BCUT2D eigenvalue weighted by atomic mass is 16.7. The zero-order chi connectivity index (χ0) is 26.2. The molecule has 0 saturated heterocycles. The second-order valence-electron chi connectivity index (χ2n) is 12.8. The standard InChI is InChI=1S/C31H45NO5/c1-4-27(32-20(2)3)31(35,37-28(33)24-8-6-5-7-9-24)25-10-12-26(13-11-25)36-29(34)30-17-21-14-22(18-30)16-23(15-21)19-30/h10-13,20-24,27,32,35H,4-9,14-19H2,1-3H3. The first-order valence-corrected chi connectivity index (χ1v) is 14.7. The number of esters is 2. The van der Waals surface area contributed by atoms with Crippen LogP contribution in [0, 0.1) is 29.1 Å². The summed E-state index contributed by atoms with van der Waals surface area (Å²) in [4.78, 5) is 26.5. The summed E-state index contributed by atoms with van der Waals surface area (Å²) in [7, 11) is 0. The van der Waals surface area contributed by atoms with Crippen molar-refractivity contribution in [2.75, 3.05) is 0 Å². The minimum absolute atomic E-state index is 0.0914. The Hall–Kier alpha value is -1.92. The van der Waals surface area contributed by atoms with Crippen LogP contribution in [-0.2, 0) is 20.1 Å². The Morgan fingerprint density at radius 2 is 1.57 bits per heavy atom. The van der Waals surface area contributed by atoms with Crippen molar-refractivity contribution in [1.82, 2.24) is 5.32 Å². The van der Waals surface area contributed by atoms with Crippen LogP contribution in [0.2, 0.25) is 0 Å². The van der Waals surface area contributed by atoms with Gasteiger partial charge in [0.05, 0.1) is 17.4 Å². The molecule has 0 heterocycles.